The fraction of sp³-hybridized carbons (Fsp3) is 0.133. The van der Waals surface area contributed by atoms with E-state index in [2.05, 4.69) is 57.2 Å². The van der Waals surface area contributed by atoms with Crippen LogP contribution in [-0.4, -0.2) is 4.98 Å². The lowest BCUT2D eigenvalue weighted by atomic mass is 10.1. The topological polar surface area (TPSA) is 38.1 Å². The molecule has 0 bridgehead atoms. The fourth-order valence-electron chi connectivity index (χ4n) is 2.08. The summed E-state index contributed by atoms with van der Waals surface area (Å²) in [5.41, 5.74) is 2.27. The molecule has 0 radical (unpaired) electrons. The maximum absolute atomic E-state index is 5.52. The van der Waals surface area contributed by atoms with Crippen LogP contribution in [-0.2, 0) is 13.1 Å². The molecule has 0 aliphatic rings. The minimum atomic E-state index is 0.728. The van der Waals surface area contributed by atoms with Crippen molar-refractivity contribution in [1.29, 1.82) is 0 Å². The van der Waals surface area contributed by atoms with E-state index in [-0.39, 0.29) is 0 Å². The number of nitrogens with one attached hydrogen (secondary N) is 1. The number of rotatable bonds is 4. The van der Waals surface area contributed by atoms with Crippen molar-refractivity contribution in [2.24, 2.45) is 0 Å². The second kappa shape index (κ2) is 5.71. The third-order valence-electron chi connectivity index (χ3n) is 2.96. The number of halogens is 1. The molecule has 2 heterocycles. The first kappa shape index (κ1) is 12.6. The predicted octanol–water partition coefficient (Wildman–Crippen LogP) is 3.72. The van der Waals surface area contributed by atoms with E-state index < -0.39 is 0 Å². The SMILES string of the molecule is Ic1ccc(CNCc2cccc3cccnc23)o1. The molecular weight excluding hydrogens is 351 g/mol. The zero-order valence-corrected chi connectivity index (χ0v) is 12.4. The van der Waals surface area contributed by atoms with E-state index in [1.807, 2.05) is 24.4 Å². The van der Waals surface area contributed by atoms with Crippen molar-refractivity contribution in [3.8, 4) is 0 Å². The minimum Gasteiger partial charge on any atom is -0.454 e. The van der Waals surface area contributed by atoms with Gasteiger partial charge in [0.05, 0.1) is 12.1 Å². The van der Waals surface area contributed by atoms with Crippen LogP contribution in [0.4, 0.5) is 0 Å². The third-order valence-corrected chi connectivity index (χ3v) is 3.54. The molecule has 1 aromatic carbocycles. The van der Waals surface area contributed by atoms with Gasteiger partial charge in [-0.3, -0.25) is 4.98 Å². The Kier molecular flexibility index (Phi) is 3.79. The maximum Gasteiger partial charge on any atom is 0.164 e. The monoisotopic (exact) mass is 364 g/mol. The van der Waals surface area contributed by atoms with Gasteiger partial charge in [0.2, 0.25) is 0 Å². The highest BCUT2D eigenvalue weighted by Gasteiger charge is 2.02. The Balaban J connectivity index is 1.71. The average molecular weight is 364 g/mol. The molecule has 0 fully saturated rings. The number of para-hydroxylation sites is 1. The van der Waals surface area contributed by atoms with Crippen LogP contribution in [0.15, 0.2) is 53.1 Å². The fourth-order valence-corrected chi connectivity index (χ4v) is 2.54. The summed E-state index contributed by atoms with van der Waals surface area (Å²) in [4.78, 5) is 4.45. The molecule has 3 rings (SSSR count). The molecule has 4 heteroatoms. The van der Waals surface area contributed by atoms with Crippen LogP contribution >= 0.6 is 22.6 Å². The average Bonchev–Trinajstić information content (AvgIpc) is 2.85. The number of pyridine rings is 1. The van der Waals surface area contributed by atoms with Crippen LogP contribution in [0.3, 0.4) is 0 Å². The van der Waals surface area contributed by atoms with Crippen molar-refractivity contribution in [2.75, 3.05) is 0 Å². The molecule has 3 nitrogen and oxygen atoms in total. The van der Waals surface area contributed by atoms with Crippen molar-refractivity contribution in [1.82, 2.24) is 10.3 Å². The number of aromatic nitrogens is 1. The Morgan fingerprint density at radius 3 is 2.79 bits per heavy atom. The molecule has 0 amide bonds. The van der Waals surface area contributed by atoms with Gasteiger partial charge >= 0.3 is 0 Å². The smallest absolute Gasteiger partial charge is 0.164 e. The number of benzene rings is 1. The number of furan rings is 1. The van der Waals surface area contributed by atoms with Gasteiger partial charge in [-0.15, -0.1) is 0 Å². The molecule has 1 N–H and O–H groups in total. The number of fused-ring (bicyclic) bond motifs is 1. The second-order valence-electron chi connectivity index (χ2n) is 4.30. The lowest BCUT2D eigenvalue weighted by Gasteiger charge is -2.06. The van der Waals surface area contributed by atoms with Crippen LogP contribution in [0.5, 0.6) is 0 Å². The number of hydrogen-bond donors (Lipinski definition) is 1. The van der Waals surface area contributed by atoms with Gasteiger partial charge in [0, 0.05) is 18.1 Å². The van der Waals surface area contributed by atoms with Crippen LogP contribution in [0, 0.1) is 3.77 Å². The molecule has 0 unspecified atom stereocenters. The summed E-state index contributed by atoms with van der Waals surface area (Å²) >= 11 is 2.17. The van der Waals surface area contributed by atoms with Crippen LogP contribution in [0.2, 0.25) is 0 Å². The Morgan fingerprint density at radius 1 is 1.05 bits per heavy atom. The minimum absolute atomic E-state index is 0.728. The van der Waals surface area contributed by atoms with Gasteiger partial charge in [0.1, 0.15) is 5.76 Å². The maximum atomic E-state index is 5.52. The summed E-state index contributed by atoms with van der Waals surface area (Å²) in [5.74, 6) is 0.956. The Hall–Kier alpha value is -1.40. The van der Waals surface area contributed by atoms with Crippen molar-refractivity contribution in [3.05, 3.63) is 63.8 Å². The van der Waals surface area contributed by atoms with E-state index in [9.17, 15) is 0 Å². The molecule has 96 valence electrons. The van der Waals surface area contributed by atoms with Gasteiger partial charge in [0.25, 0.3) is 0 Å². The van der Waals surface area contributed by atoms with Gasteiger partial charge in [-0.1, -0.05) is 24.3 Å². The molecule has 19 heavy (non-hydrogen) atoms. The zero-order valence-electron chi connectivity index (χ0n) is 10.3. The molecule has 3 aromatic rings. The van der Waals surface area contributed by atoms with Gasteiger partial charge in [-0.05, 0) is 46.4 Å². The standard InChI is InChI=1S/C15H13IN2O/c16-14-7-6-13(19-14)10-17-9-12-4-1-3-11-5-2-8-18-15(11)12/h1-8,17H,9-10H2. The molecule has 0 spiro atoms. The van der Waals surface area contributed by atoms with Crippen molar-refractivity contribution >= 4 is 33.5 Å². The van der Waals surface area contributed by atoms with Gasteiger partial charge < -0.3 is 9.73 Å². The normalized spacial score (nSPS) is 11.0. The summed E-state index contributed by atoms with van der Waals surface area (Å²) in [5, 5.41) is 4.56. The highest BCUT2D eigenvalue weighted by atomic mass is 127. The van der Waals surface area contributed by atoms with Gasteiger partial charge in [-0.25, -0.2) is 0 Å². The van der Waals surface area contributed by atoms with Crippen LogP contribution < -0.4 is 5.32 Å². The molecule has 0 saturated carbocycles. The second-order valence-corrected chi connectivity index (χ2v) is 5.36. The summed E-state index contributed by atoms with van der Waals surface area (Å²) in [6.45, 7) is 1.51. The van der Waals surface area contributed by atoms with E-state index in [1.165, 1.54) is 10.9 Å². The first-order chi connectivity index (χ1) is 9.33. The lowest BCUT2D eigenvalue weighted by Crippen LogP contribution is -2.12. The summed E-state index contributed by atoms with van der Waals surface area (Å²) in [6, 6.07) is 14.3. The first-order valence-electron chi connectivity index (χ1n) is 6.10. The Bertz CT molecular complexity index is 688. The van der Waals surface area contributed by atoms with Crippen molar-refractivity contribution in [2.45, 2.75) is 13.1 Å². The Morgan fingerprint density at radius 2 is 1.95 bits per heavy atom. The molecule has 0 atom stereocenters. The number of nitrogens with zero attached hydrogens (tertiary/aromatic N) is 1. The van der Waals surface area contributed by atoms with Crippen molar-refractivity contribution in [3.63, 3.8) is 0 Å². The van der Waals surface area contributed by atoms with E-state index >= 15 is 0 Å². The zero-order chi connectivity index (χ0) is 13.1. The third kappa shape index (κ3) is 2.96. The summed E-state index contributed by atoms with van der Waals surface area (Å²) < 4.78 is 6.44. The predicted molar refractivity (Wildman–Crippen MR) is 83.7 cm³/mol. The lowest BCUT2D eigenvalue weighted by molar-refractivity contribution is 0.463. The molecule has 0 aliphatic carbocycles. The molecule has 0 aliphatic heterocycles. The quantitative estimate of drug-likeness (QED) is 0.717. The summed E-state index contributed by atoms with van der Waals surface area (Å²) in [6.07, 6.45) is 1.83. The van der Waals surface area contributed by atoms with Crippen LogP contribution in [0.1, 0.15) is 11.3 Å². The molecular formula is C15H13IN2O. The Labute approximate surface area is 125 Å². The van der Waals surface area contributed by atoms with Gasteiger partial charge in [-0.2, -0.15) is 0 Å². The first-order valence-corrected chi connectivity index (χ1v) is 7.18. The van der Waals surface area contributed by atoms with E-state index in [0.29, 0.717) is 0 Å². The van der Waals surface area contributed by atoms with E-state index in [4.69, 9.17) is 4.42 Å². The van der Waals surface area contributed by atoms with Gasteiger partial charge in [0.15, 0.2) is 3.77 Å². The van der Waals surface area contributed by atoms with E-state index in [1.54, 1.807) is 0 Å². The summed E-state index contributed by atoms with van der Waals surface area (Å²) in [7, 11) is 0. The molecule has 0 saturated heterocycles. The highest BCUT2D eigenvalue weighted by Crippen LogP contribution is 2.16. The van der Waals surface area contributed by atoms with Crippen LogP contribution in [0.25, 0.3) is 10.9 Å². The molecule has 2 aromatic heterocycles. The number of hydrogen-bond acceptors (Lipinski definition) is 3. The van der Waals surface area contributed by atoms with E-state index in [0.717, 1.165) is 28.1 Å². The highest BCUT2D eigenvalue weighted by molar-refractivity contribution is 14.1. The largest absolute Gasteiger partial charge is 0.454 e. The van der Waals surface area contributed by atoms with Crippen molar-refractivity contribution < 1.29 is 4.42 Å².